The van der Waals surface area contributed by atoms with E-state index in [1.807, 2.05) is 6.92 Å². The minimum Gasteiger partial charge on any atom is -0.357 e. The smallest absolute Gasteiger partial charge is 0.357 e. The van der Waals surface area contributed by atoms with Gasteiger partial charge in [0.2, 0.25) is 0 Å². The van der Waals surface area contributed by atoms with Crippen molar-refractivity contribution in [3.8, 4) is 0 Å². The molecule has 0 spiro atoms. The molecule has 0 unspecified atom stereocenters. The summed E-state index contributed by atoms with van der Waals surface area (Å²) >= 11 is 1.02. The van der Waals surface area contributed by atoms with Gasteiger partial charge in [0.05, 0.1) is 5.10 Å². The average molecular weight is 159 g/mol. The van der Waals surface area contributed by atoms with Gasteiger partial charge in [0, 0.05) is 6.42 Å². The Hall–Kier alpha value is -1.04. The van der Waals surface area contributed by atoms with Gasteiger partial charge in [-0.15, -0.1) is 0 Å². The van der Waals surface area contributed by atoms with Crippen LogP contribution >= 0.6 is 11.3 Å². The van der Waals surface area contributed by atoms with Crippen molar-refractivity contribution in [1.29, 1.82) is 0 Å². The standard InChI is InChI=1S/C4H5N3O2S/c1-2-3-5-6-4(10-3)7(8)9/h2H2,1H3. The van der Waals surface area contributed by atoms with Crippen LogP contribution in [-0.2, 0) is 6.42 Å². The summed E-state index contributed by atoms with van der Waals surface area (Å²) < 4.78 is 0. The second-order valence-corrected chi connectivity index (χ2v) is 2.63. The number of nitro groups is 1. The molecule has 0 aliphatic heterocycles. The summed E-state index contributed by atoms with van der Waals surface area (Å²) in [5, 5.41) is 17.6. The largest absolute Gasteiger partial charge is 0.450 e. The van der Waals surface area contributed by atoms with Crippen LogP contribution in [0.25, 0.3) is 0 Å². The van der Waals surface area contributed by atoms with Crippen LogP contribution in [0.3, 0.4) is 0 Å². The number of nitrogens with zero attached hydrogens (tertiary/aromatic N) is 3. The van der Waals surface area contributed by atoms with Crippen LogP contribution in [0.15, 0.2) is 0 Å². The van der Waals surface area contributed by atoms with E-state index in [1.54, 1.807) is 0 Å². The lowest BCUT2D eigenvalue weighted by atomic mass is 10.5. The summed E-state index contributed by atoms with van der Waals surface area (Å²) in [5.41, 5.74) is 0. The van der Waals surface area contributed by atoms with E-state index in [2.05, 4.69) is 10.2 Å². The molecule has 1 rings (SSSR count). The summed E-state index contributed by atoms with van der Waals surface area (Å²) in [4.78, 5) is 9.51. The fraction of sp³-hybridized carbons (Fsp3) is 0.500. The maximum absolute atomic E-state index is 10.0. The lowest BCUT2D eigenvalue weighted by Gasteiger charge is -1.80. The van der Waals surface area contributed by atoms with Crippen molar-refractivity contribution in [3.63, 3.8) is 0 Å². The highest BCUT2D eigenvalue weighted by Gasteiger charge is 2.12. The van der Waals surface area contributed by atoms with E-state index in [0.717, 1.165) is 11.3 Å². The molecule has 0 N–H and O–H groups in total. The van der Waals surface area contributed by atoms with Gasteiger partial charge >= 0.3 is 5.13 Å². The maximum Gasteiger partial charge on any atom is 0.450 e. The zero-order chi connectivity index (χ0) is 7.56. The second-order valence-electron chi connectivity index (χ2n) is 1.59. The van der Waals surface area contributed by atoms with Crippen LogP contribution in [-0.4, -0.2) is 15.1 Å². The molecule has 0 radical (unpaired) electrons. The quantitative estimate of drug-likeness (QED) is 0.477. The molecule has 0 aliphatic carbocycles. The molecule has 6 heteroatoms. The molecule has 0 aliphatic rings. The molecule has 0 aromatic carbocycles. The van der Waals surface area contributed by atoms with E-state index in [0.29, 0.717) is 11.4 Å². The topological polar surface area (TPSA) is 68.9 Å². The van der Waals surface area contributed by atoms with Gasteiger partial charge in [-0.3, -0.25) is 0 Å². The summed E-state index contributed by atoms with van der Waals surface area (Å²) in [7, 11) is 0. The van der Waals surface area contributed by atoms with Crippen molar-refractivity contribution >= 4 is 16.5 Å². The molecule has 0 saturated carbocycles. The Balaban J connectivity index is 2.88. The second kappa shape index (κ2) is 2.70. The molecule has 0 saturated heterocycles. The first kappa shape index (κ1) is 7.07. The van der Waals surface area contributed by atoms with Crippen molar-refractivity contribution in [2.45, 2.75) is 13.3 Å². The van der Waals surface area contributed by atoms with Gasteiger partial charge in [0.15, 0.2) is 0 Å². The van der Waals surface area contributed by atoms with Crippen LogP contribution in [0.5, 0.6) is 0 Å². The van der Waals surface area contributed by atoms with Crippen molar-refractivity contribution in [3.05, 3.63) is 15.1 Å². The third-order valence-corrected chi connectivity index (χ3v) is 1.93. The molecule has 0 bridgehead atoms. The molecule has 0 amide bonds. The molecule has 0 atom stereocenters. The average Bonchev–Trinajstić information content (AvgIpc) is 2.34. The van der Waals surface area contributed by atoms with E-state index >= 15 is 0 Å². The van der Waals surface area contributed by atoms with Gasteiger partial charge in [-0.2, -0.15) is 0 Å². The van der Waals surface area contributed by atoms with Gasteiger partial charge in [-0.05, 0) is 21.4 Å². The lowest BCUT2D eigenvalue weighted by molar-refractivity contribution is -0.385. The minimum absolute atomic E-state index is 0.128. The summed E-state index contributed by atoms with van der Waals surface area (Å²) in [5.74, 6) is 0. The number of aromatic nitrogens is 2. The van der Waals surface area contributed by atoms with Crippen LogP contribution in [0.1, 0.15) is 11.9 Å². The predicted molar refractivity (Wildman–Crippen MR) is 35.9 cm³/mol. The molecular weight excluding hydrogens is 154 g/mol. The van der Waals surface area contributed by atoms with Gasteiger partial charge in [0.25, 0.3) is 0 Å². The van der Waals surface area contributed by atoms with Crippen molar-refractivity contribution in [2.24, 2.45) is 0 Å². The first-order valence-corrected chi connectivity index (χ1v) is 3.52. The van der Waals surface area contributed by atoms with Gasteiger partial charge in [-0.25, -0.2) is 0 Å². The Morgan fingerprint density at radius 2 is 2.40 bits per heavy atom. The van der Waals surface area contributed by atoms with Gasteiger partial charge in [-0.1, -0.05) is 6.92 Å². The van der Waals surface area contributed by atoms with E-state index in [-0.39, 0.29) is 5.13 Å². The van der Waals surface area contributed by atoms with Crippen molar-refractivity contribution in [1.82, 2.24) is 10.2 Å². The third-order valence-electron chi connectivity index (χ3n) is 0.915. The van der Waals surface area contributed by atoms with E-state index in [4.69, 9.17) is 0 Å². The molecule has 5 nitrogen and oxygen atoms in total. The molecular formula is C4H5N3O2S. The summed E-state index contributed by atoms with van der Waals surface area (Å²) in [6.07, 6.45) is 0.700. The van der Waals surface area contributed by atoms with E-state index < -0.39 is 4.92 Å². The molecule has 0 fully saturated rings. The molecule has 1 aromatic rings. The number of aryl methyl sites for hydroxylation is 1. The Morgan fingerprint density at radius 3 is 2.70 bits per heavy atom. The van der Waals surface area contributed by atoms with Crippen LogP contribution in [0, 0.1) is 10.1 Å². The molecule has 1 heterocycles. The van der Waals surface area contributed by atoms with Crippen molar-refractivity contribution in [2.75, 3.05) is 0 Å². The SMILES string of the molecule is CCc1nnc([N+](=O)[O-])s1. The number of hydrogen-bond acceptors (Lipinski definition) is 5. The molecule has 1 aromatic heterocycles. The third kappa shape index (κ3) is 1.27. The number of rotatable bonds is 2. The summed E-state index contributed by atoms with van der Waals surface area (Å²) in [6, 6.07) is 0. The predicted octanol–water partition coefficient (Wildman–Crippen LogP) is 1.01. The Bertz CT molecular complexity index is 246. The normalized spacial score (nSPS) is 9.70. The lowest BCUT2D eigenvalue weighted by Crippen LogP contribution is -1.85. The van der Waals surface area contributed by atoms with Gasteiger partial charge < -0.3 is 10.1 Å². The Morgan fingerprint density at radius 1 is 1.70 bits per heavy atom. The molecule has 10 heavy (non-hydrogen) atoms. The Labute approximate surface area is 60.9 Å². The monoisotopic (exact) mass is 159 g/mol. The fourth-order valence-corrected chi connectivity index (χ4v) is 1.05. The highest BCUT2D eigenvalue weighted by atomic mass is 32.1. The highest BCUT2D eigenvalue weighted by molar-refractivity contribution is 7.14. The van der Waals surface area contributed by atoms with Crippen LogP contribution < -0.4 is 0 Å². The number of hydrogen-bond donors (Lipinski definition) is 0. The van der Waals surface area contributed by atoms with E-state index in [9.17, 15) is 10.1 Å². The van der Waals surface area contributed by atoms with Crippen molar-refractivity contribution < 1.29 is 4.92 Å². The van der Waals surface area contributed by atoms with Crippen LogP contribution in [0.2, 0.25) is 0 Å². The summed E-state index contributed by atoms with van der Waals surface area (Å²) in [6.45, 7) is 1.88. The minimum atomic E-state index is -0.531. The Kier molecular flexibility index (Phi) is 1.91. The van der Waals surface area contributed by atoms with Crippen LogP contribution in [0.4, 0.5) is 5.13 Å². The van der Waals surface area contributed by atoms with E-state index in [1.165, 1.54) is 0 Å². The highest BCUT2D eigenvalue weighted by Crippen LogP contribution is 2.16. The maximum atomic E-state index is 10.0. The fourth-order valence-electron chi connectivity index (χ4n) is 0.461. The first-order valence-electron chi connectivity index (χ1n) is 2.70. The van der Waals surface area contributed by atoms with Gasteiger partial charge in [0.1, 0.15) is 5.01 Å². The zero-order valence-corrected chi connectivity index (χ0v) is 6.09. The molecule has 54 valence electrons. The first-order chi connectivity index (χ1) is 4.74. The zero-order valence-electron chi connectivity index (χ0n) is 5.27.